The number of nitrogens with two attached hydrogens (primary N) is 1. The number of aliphatic imine (C=N–C) groups is 1. The Kier molecular flexibility index (Phi) is 9.67. The highest BCUT2D eigenvalue weighted by molar-refractivity contribution is 5.93. The number of likely N-dealkylation sites (tertiary alicyclic amines) is 1. The maximum atomic E-state index is 5.68. The number of nitrogens with zero attached hydrogens (tertiary/aromatic N) is 2. The summed E-state index contributed by atoms with van der Waals surface area (Å²) in [5.41, 5.74) is 8.12. The minimum absolute atomic E-state index is 0.549. The summed E-state index contributed by atoms with van der Waals surface area (Å²) in [4.78, 5) is 7.20. The van der Waals surface area contributed by atoms with Crippen LogP contribution < -0.4 is 15.8 Å². The predicted octanol–water partition coefficient (Wildman–Crippen LogP) is 3.78. The second-order valence-electron chi connectivity index (χ2n) is 7.96. The van der Waals surface area contributed by atoms with E-state index in [1.807, 2.05) is 24.3 Å². The Morgan fingerprint density at radius 3 is 2.48 bits per heavy atom. The Morgan fingerprint density at radius 1 is 1.06 bits per heavy atom. The molecule has 0 atom stereocenters. The van der Waals surface area contributed by atoms with Gasteiger partial charge in [0.05, 0.1) is 6.61 Å². The molecule has 1 saturated heterocycles. The highest BCUT2D eigenvalue weighted by Crippen LogP contribution is 2.23. The minimum Gasteiger partial charge on any atom is -0.491 e. The summed E-state index contributed by atoms with van der Waals surface area (Å²) in [5, 5.41) is 3.52. The van der Waals surface area contributed by atoms with Gasteiger partial charge >= 0.3 is 0 Å². The third kappa shape index (κ3) is 7.89. The van der Waals surface area contributed by atoms with Gasteiger partial charge in [-0.15, -0.1) is 0 Å². The second kappa shape index (κ2) is 13.0. The fourth-order valence-corrected chi connectivity index (χ4v) is 3.80. The van der Waals surface area contributed by atoms with Crippen LogP contribution in [-0.2, 0) is 11.2 Å². The van der Waals surface area contributed by atoms with E-state index in [0.29, 0.717) is 19.8 Å². The molecule has 2 aromatic rings. The summed E-state index contributed by atoms with van der Waals surface area (Å²) in [6, 6.07) is 18.8. The van der Waals surface area contributed by atoms with Crippen molar-refractivity contribution in [3.8, 4) is 5.75 Å². The Hall–Kier alpha value is -2.57. The Balaban J connectivity index is 1.56. The van der Waals surface area contributed by atoms with Crippen molar-refractivity contribution in [3.05, 3.63) is 60.2 Å². The maximum Gasteiger partial charge on any atom is 0.198 e. The number of hydrogen-bond acceptors (Lipinski definition) is 4. The van der Waals surface area contributed by atoms with Crippen LogP contribution in [0, 0.1) is 5.92 Å². The topological polar surface area (TPSA) is 72.1 Å². The van der Waals surface area contributed by atoms with Crippen LogP contribution in [0.5, 0.6) is 5.75 Å². The van der Waals surface area contributed by atoms with E-state index in [-0.39, 0.29) is 0 Å². The standard InChI is InChI=1S/C25H36N4O2/c1-30-18-19-31-24-10-8-23(9-11-24)28-25(27-15-5-14-26)29-16-12-22(13-17-29)20-21-6-3-2-4-7-21/h2-4,6-11,22H,5,12-20,26H2,1H3,(H,27,28). The molecule has 3 N–H and O–H groups in total. The molecule has 1 aliphatic heterocycles. The number of rotatable bonds is 10. The van der Waals surface area contributed by atoms with Crippen LogP contribution in [0.25, 0.3) is 0 Å². The van der Waals surface area contributed by atoms with Gasteiger partial charge in [-0.2, -0.15) is 0 Å². The summed E-state index contributed by atoms with van der Waals surface area (Å²) in [5.74, 6) is 2.51. The third-order valence-electron chi connectivity index (χ3n) is 5.57. The third-order valence-corrected chi connectivity index (χ3v) is 5.57. The van der Waals surface area contributed by atoms with Crippen LogP contribution in [0.3, 0.4) is 0 Å². The molecule has 0 amide bonds. The van der Waals surface area contributed by atoms with Gasteiger partial charge in [0.1, 0.15) is 12.4 Å². The van der Waals surface area contributed by atoms with E-state index in [1.165, 1.54) is 18.4 Å². The van der Waals surface area contributed by atoms with Crippen molar-refractivity contribution in [2.24, 2.45) is 16.6 Å². The molecule has 0 saturated carbocycles. The molecular formula is C25H36N4O2. The van der Waals surface area contributed by atoms with Crippen LogP contribution in [-0.4, -0.2) is 57.4 Å². The van der Waals surface area contributed by atoms with Crippen LogP contribution in [0.1, 0.15) is 24.8 Å². The van der Waals surface area contributed by atoms with Crippen molar-refractivity contribution in [1.82, 2.24) is 4.90 Å². The van der Waals surface area contributed by atoms with Gasteiger partial charge in [-0.1, -0.05) is 30.3 Å². The summed E-state index contributed by atoms with van der Waals surface area (Å²) < 4.78 is 10.7. The van der Waals surface area contributed by atoms with Crippen molar-refractivity contribution < 1.29 is 9.47 Å². The maximum absolute atomic E-state index is 5.68. The lowest BCUT2D eigenvalue weighted by atomic mass is 9.90. The number of anilines is 1. The van der Waals surface area contributed by atoms with E-state index >= 15 is 0 Å². The summed E-state index contributed by atoms with van der Waals surface area (Å²) in [6.07, 6.45) is 4.41. The molecule has 1 fully saturated rings. The molecule has 1 heterocycles. The minimum atomic E-state index is 0.549. The fourth-order valence-electron chi connectivity index (χ4n) is 3.80. The molecule has 0 bridgehead atoms. The van der Waals surface area contributed by atoms with Crippen LogP contribution in [0.2, 0.25) is 0 Å². The van der Waals surface area contributed by atoms with E-state index in [1.54, 1.807) is 7.11 Å². The highest BCUT2D eigenvalue weighted by Gasteiger charge is 2.22. The van der Waals surface area contributed by atoms with Gasteiger partial charge in [-0.25, -0.2) is 0 Å². The van der Waals surface area contributed by atoms with E-state index in [2.05, 4.69) is 40.5 Å². The number of ether oxygens (including phenoxy) is 2. The first-order chi connectivity index (χ1) is 15.3. The van der Waals surface area contributed by atoms with E-state index in [0.717, 1.165) is 55.8 Å². The molecule has 31 heavy (non-hydrogen) atoms. The summed E-state index contributed by atoms with van der Waals surface area (Å²) >= 11 is 0. The molecule has 0 aromatic heterocycles. The summed E-state index contributed by atoms with van der Waals surface area (Å²) in [7, 11) is 1.67. The van der Waals surface area contributed by atoms with Crippen LogP contribution in [0.4, 0.5) is 5.69 Å². The van der Waals surface area contributed by atoms with E-state index in [4.69, 9.17) is 20.2 Å². The molecule has 0 aliphatic carbocycles. The predicted molar refractivity (Wildman–Crippen MR) is 128 cm³/mol. The molecule has 6 heteroatoms. The molecule has 0 unspecified atom stereocenters. The SMILES string of the molecule is COCCOc1ccc(NC(=NCCCN)N2CCC(Cc3ccccc3)CC2)cc1. The van der Waals surface area contributed by atoms with Gasteiger partial charge in [0.15, 0.2) is 5.96 Å². The van der Waals surface area contributed by atoms with E-state index in [9.17, 15) is 0 Å². The zero-order valence-electron chi connectivity index (χ0n) is 18.6. The quantitative estimate of drug-likeness (QED) is 0.345. The molecule has 3 rings (SSSR count). The lowest BCUT2D eigenvalue weighted by molar-refractivity contribution is 0.146. The number of hydrogen-bond donors (Lipinski definition) is 2. The summed E-state index contributed by atoms with van der Waals surface area (Å²) in [6.45, 7) is 4.56. The van der Waals surface area contributed by atoms with Crippen LogP contribution >= 0.6 is 0 Å². The lowest BCUT2D eigenvalue weighted by Crippen LogP contribution is -2.42. The number of nitrogens with one attached hydrogen (secondary N) is 1. The Bertz CT molecular complexity index is 772. The van der Waals surface area contributed by atoms with Crippen molar-refractivity contribution >= 4 is 11.6 Å². The lowest BCUT2D eigenvalue weighted by Gasteiger charge is -2.34. The zero-order chi connectivity index (χ0) is 21.7. The fraction of sp³-hybridized carbons (Fsp3) is 0.480. The van der Waals surface area contributed by atoms with E-state index < -0.39 is 0 Å². The first-order valence-corrected chi connectivity index (χ1v) is 11.3. The highest BCUT2D eigenvalue weighted by atomic mass is 16.5. The largest absolute Gasteiger partial charge is 0.491 e. The van der Waals surface area contributed by atoms with Gasteiger partial charge < -0.3 is 25.4 Å². The number of piperidine rings is 1. The average molecular weight is 425 g/mol. The number of methoxy groups -OCH3 is 1. The monoisotopic (exact) mass is 424 g/mol. The van der Waals surface area contributed by atoms with Crippen molar-refractivity contribution in [2.45, 2.75) is 25.7 Å². The van der Waals surface area contributed by atoms with Crippen molar-refractivity contribution in [3.63, 3.8) is 0 Å². The number of guanidine groups is 1. The van der Waals surface area contributed by atoms with Gasteiger partial charge in [0.25, 0.3) is 0 Å². The molecule has 168 valence electrons. The molecular weight excluding hydrogens is 388 g/mol. The Labute approximate surface area is 186 Å². The molecule has 0 spiro atoms. The molecule has 0 radical (unpaired) electrons. The molecule has 6 nitrogen and oxygen atoms in total. The van der Waals surface area contributed by atoms with Gasteiger partial charge in [-0.05, 0) is 68.0 Å². The second-order valence-corrected chi connectivity index (χ2v) is 7.96. The van der Waals surface area contributed by atoms with Gasteiger partial charge in [-0.3, -0.25) is 4.99 Å². The first kappa shape index (κ1) is 23.1. The normalized spacial score (nSPS) is 15.2. The zero-order valence-corrected chi connectivity index (χ0v) is 18.6. The molecule has 2 aromatic carbocycles. The average Bonchev–Trinajstić information content (AvgIpc) is 2.81. The smallest absolute Gasteiger partial charge is 0.198 e. The van der Waals surface area contributed by atoms with Crippen molar-refractivity contribution in [2.75, 3.05) is 51.8 Å². The Morgan fingerprint density at radius 2 is 1.81 bits per heavy atom. The van der Waals surface area contributed by atoms with Crippen molar-refractivity contribution in [1.29, 1.82) is 0 Å². The number of benzene rings is 2. The first-order valence-electron chi connectivity index (χ1n) is 11.3. The van der Waals surface area contributed by atoms with Gasteiger partial charge in [0.2, 0.25) is 0 Å². The van der Waals surface area contributed by atoms with Crippen LogP contribution in [0.15, 0.2) is 59.6 Å². The van der Waals surface area contributed by atoms with Gasteiger partial charge in [0, 0.05) is 32.4 Å². The molecule has 1 aliphatic rings.